The van der Waals surface area contributed by atoms with Crippen LogP contribution in [0.2, 0.25) is 0 Å². The summed E-state index contributed by atoms with van der Waals surface area (Å²) >= 11 is 9.02. The Morgan fingerprint density at radius 1 is 1.00 bits per heavy atom. The molecule has 1 aliphatic heterocycles. The van der Waals surface area contributed by atoms with Gasteiger partial charge in [0.1, 0.15) is 6.61 Å². The minimum atomic E-state index is -0.128. The predicted molar refractivity (Wildman–Crippen MR) is 156 cm³/mol. The standard InChI is InChI=1S/C28H20INO3S2/c1-32-24-15-18(16-25-27(31)30(28(34)35-25)21-11-3-2-4-12-21)14-23(29)26(24)33-17-20-10-7-9-19-8-5-6-13-22(19)20/h2-16H,17H2,1H3/b25-16+. The number of fused-ring (bicyclic) bond motifs is 1. The first kappa shape index (κ1) is 23.8. The number of thioether (sulfide) groups is 1. The monoisotopic (exact) mass is 609 g/mol. The summed E-state index contributed by atoms with van der Waals surface area (Å²) in [6.45, 7) is 0.419. The first-order chi connectivity index (χ1) is 17.0. The van der Waals surface area contributed by atoms with Crippen molar-refractivity contribution in [2.45, 2.75) is 6.61 Å². The van der Waals surface area contributed by atoms with E-state index in [1.807, 2.05) is 66.7 Å². The fourth-order valence-electron chi connectivity index (χ4n) is 3.95. The van der Waals surface area contributed by atoms with Crippen molar-refractivity contribution >= 4 is 79.3 Å². The zero-order valence-electron chi connectivity index (χ0n) is 18.7. The van der Waals surface area contributed by atoms with E-state index in [4.69, 9.17) is 21.7 Å². The Balaban J connectivity index is 1.40. The molecular formula is C28H20INO3S2. The maximum absolute atomic E-state index is 13.1. The Morgan fingerprint density at radius 3 is 2.54 bits per heavy atom. The molecule has 174 valence electrons. The minimum Gasteiger partial charge on any atom is -0.493 e. The van der Waals surface area contributed by atoms with Gasteiger partial charge in [0.15, 0.2) is 15.8 Å². The van der Waals surface area contributed by atoms with Crippen LogP contribution in [0.15, 0.2) is 89.8 Å². The number of nitrogens with zero attached hydrogens (tertiary/aromatic N) is 1. The van der Waals surface area contributed by atoms with E-state index < -0.39 is 0 Å². The van der Waals surface area contributed by atoms with Crippen LogP contribution in [0.4, 0.5) is 5.69 Å². The summed E-state index contributed by atoms with van der Waals surface area (Å²) in [6.07, 6.45) is 1.85. The molecule has 35 heavy (non-hydrogen) atoms. The number of methoxy groups -OCH3 is 1. The summed E-state index contributed by atoms with van der Waals surface area (Å²) in [7, 11) is 1.62. The van der Waals surface area contributed by atoms with Crippen molar-refractivity contribution in [3.8, 4) is 11.5 Å². The van der Waals surface area contributed by atoms with Crippen molar-refractivity contribution in [1.82, 2.24) is 0 Å². The quantitative estimate of drug-likeness (QED) is 0.129. The minimum absolute atomic E-state index is 0.128. The first-order valence-electron chi connectivity index (χ1n) is 10.8. The predicted octanol–water partition coefficient (Wildman–Crippen LogP) is 7.44. The molecule has 0 unspecified atom stereocenters. The molecule has 7 heteroatoms. The van der Waals surface area contributed by atoms with Crippen molar-refractivity contribution in [2.75, 3.05) is 12.0 Å². The molecule has 0 saturated carbocycles. The van der Waals surface area contributed by atoms with Crippen molar-refractivity contribution in [1.29, 1.82) is 0 Å². The molecule has 4 aromatic carbocycles. The van der Waals surface area contributed by atoms with Crippen LogP contribution in [0.3, 0.4) is 0 Å². The highest BCUT2D eigenvalue weighted by Crippen LogP contribution is 2.39. The van der Waals surface area contributed by atoms with E-state index in [9.17, 15) is 4.79 Å². The van der Waals surface area contributed by atoms with Gasteiger partial charge in [-0.05, 0) is 74.8 Å². The molecule has 1 aliphatic rings. The number of carbonyl (C=O) groups excluding carboxylic acids is 1. The normalized spacial score (nSPS) is 14.7. The number of benzene rings is 4. The van der Waals surface area contributed by atoms with Crippen molar-refractivity contribution in [2.24, 2.45) is 0 Å². The van der Waals surface area contributed by atoms with Gasteiger partial charge in [0.2, 0.25) is 0 Å². The number of carbonyl (C=O) groups is 1. The lowest BCUT2D eigenvalue weighted by Gasteiger charge is -2.15. The highest BCUT2D eigenvalue weighted by atomic mass is 127. The summed E-state index contributed by atoms with van der Waals surface area (Å²) < 4.78 is 13.3. The van der Waals surface area contributed by atoms with Crippen molar-refractivity contribution < 1.29 is 14.3 Å². The number of amides is 1. The Morgan fingerprint density at radius 2 is 1.74 bits per heavy atom. The number of thiocarbonyl (C=S) groups is 1. The number of para-hydroxylation sites is 1. The molecule has 5 rings (SSSR count). The molecule has 0 aromatic heterocycles. The van der Waals surface area contributed by atoms with Gasteiger partial charge in [-0.3, -0.25) is 9.69 Å². The van der Waals surface area contributed by atoms with E-state index in [2.05, 4.69) is 46.9 Å². The van der Waals surface area contributed by atoms with Crippen LogP contribution < -0.4 is 14.4 Å². The van der Waals surface area contributed by atoms with Crippen molar-refractivity contribution in [3.05, 3.63) is 105 Å². The van der Waals surface area contributed by atoms with E-state index in [-0.39, 0.29) is 5.91 Å². The number of halogens is 1. The molecule has 0 bridgehead atoms. The molecule has 1 heterocycles. The number of hydrogen-bond donors (Lipinski definition) is 0. The molecular weight excluding hydrogens is 589 g/mol. The van der Waals surface area contributed by atoms with Gasteiger partial charge in [0.25, 0.3) is 5.91 Å². The van der Waals surface area contributed by atoms with Gasteiger partial charge < -0.3 is 9.47 Å². The van der Waals surface area contributed by atoms with E-state index in [0.717, 1.165) is 20.4 Å². The fraction of sp³-hybridized carbons (Fsp3) is 0.0714. The second kappa shape index (κ2) is 10.4. The van der Waals surface area contributed by atoms with Gasteiger partial charge >= 0.3 is 0 Å². The molecule has 1 fully saturated rings. The fourth-order valence-corrected chi connectivity index (χ4v) is 6.03. The zero-order chi connectivity index (χ0) is 24.4. The average molecular weight is 610 g/mol. The Bertz CT molecular complexity index is 1460. The van der Waals surface area contributed by atoms with Crippen LogP contribution in [-0.2, 0) is 11.4 Å². The third-order valence-corrected chi connectivity index (χ3v) is 7.71. The van der Waals surface area contributed by atoms with Crippen LogP contribution >= 0.6 is 46.6 Å². The van der Waals surface area contributed by atoms with Gasteiger partial charge in [-0.2, -0.15) is 0 Å². The Hall–Kier alpha value is -2.88. The lowest BCUT2D eigenvalue weighted by Crippen LogP contribution is -2.27. The van der Waals surface area contributed by atoms with Gasteiger partial charge in [-0.25, -0.2) is 0 Å². The van der Waals surface area contributed by atoms with Crippen LogP contribution in [-0.4, -0.2) is 17.3 Å². The molecule has 4 aromatic rings. The maximum atomic E-state index is 13.1. The molecule has 0 radical (unpaired) electrons. The Kier molecular flexibility index (Phi) is 7.08. The van der Waals surface area contributed by atoms with Crippen LogP contribution in [0.25, 0.3) is 16.8 Å². The molecule has 0 atom stereocenters. The second-order valence-corrected chi connectivity index (χ2v) is 10.7. The van der Waals surface area contributed by atoms with Gasteiger partial charge in [-0.15, -0.1) is 0 Å². The largest absolute Gasteiger partial charge is 0.493 e. The first-order valence-corrected chi connectivity index (χ1v) is 13.2. The summed E-state index contributed by atoms with van der Waals surface area (Å²) in [5.41, 5.74) is 2.72. The van der Waals surface area contributed by atoms with Gasteiger partial charge in [0, 0.05) is 0 Å². The number of rotatable bonds is 6. The number of hydrogen-bond acceptors (Lipinski definition) is 5. The van der Waals surface area contributed by atoms with Gasteiger partial charge in [-0.1, -0.05) is 84.6 Å². The molecule has 4 nitrogen and oxygen atoms in total. The maximum Gasteiger partial charge on any atom is 0.270 e. The van der Waals surface area contributed by atoms with Gasteiger partial charge in [0.05, 0.1) is 21.3 Å². The molecule has 0 aliphatic carbocycles. The molecule has 1 amide bonds. The van der Waals surface area contributed by atoms with Crippen LogP contribution in [0.1, 0.15) is 11.1 Å². The topological polar surface area (TPSA) is 38.8 Å². The summed E-state index contributed by atoms with van der Waals surface area (Å²) in [6, 6.07) is 27.8. The third-order valence-electron chi connectivity index (χ3n) is 5.61. The van der Waals surface area contributed by atoms with E-state index >= 15 is 0 Å². The number of ether oxygens (including phenoxy) is 2. The summed E-state index contributed by atoms with van der Waals surface area (Å²) in [5, 5.41) is 2.35. The summed E-state index contributed by atoms with van der Waals surface area (Å²) in [4.78, 5) is 15.2. The Labute approximate surface area is 227 Å². The number of anilines is 1. The molecule has 1 saturated heterocycles. The summed E-state index contributed by atoms with van der Waals surface area (Å²) in [5.74, 6) is 1.16. The lowest BCUT2D eigenvalue weighted by atomic mass is 10.1. The lowest BCUT2D eigenvalue weighted by molar-refractivity contribution is -0.113. The zero-order valence-corrected chi connectivity index (χ0v) is 22.5. The highest BCUT2D eigenvalue weighted by Gasteiger charge is 2.33. The highest BCUT2D eigenvalue weighted by molar-refractivity contribution is 14.1. The van der Waals surface area contributed by atoms with Crippen molar-refractivity contribution in [3.63, 3.8) is 0 Å². The van der Waals surface area contributed by atoms with E-state index in [1.54, 1.807) is 12.0 Å². The second-order valence-electron chi connectivity index (χ2n) is 7.81. The average Bonchev–Trinajstić information content (AvgIpc) is 3.15. The van der Waals surface area contributed by atoms with Crippen LogP contribution in [0.5, 0.6) is 11.5 Å². The molecule has 0 spiro atoms. The van der Waals surface area contributed by atoms with Crippen LogP contribution in [0, 0.1) is 3.57 Å². The third kappa shape index (κ3) is 4.94. The smallest absolute Gasteiger partial charge is 0.270 e. The van der Waals surface area contributed by atoms with E-state index in [0.29, 0.717) is 27.3 Å². The van der Waals surface area contributed by atoms with E-state index in [1.165, 1.54) is 22.5 Å². The molecule has 0 N–H and O–H groups in total. The SMILES string of the molecule is COc1cc(/C=C2/SC(=S)N(c3ccccc3)C2=O)cc(I)c1OCc1cccc2ccccc12.